The Morgan fingerprint density at radius 1 is 1.53 bits per heavy atom. The van der Waals surface area contributed by atoms with Crippen LogP contribution in [0.2, 0.25) is 5.02 Å². The zero-order valence-electron chi connectivity index (χ0n) is 9.04. The fraction of sp³-hybridized carbons (Fsp3) is 0.333. The zero-order valence-corrected chi connectivity index (χ0v) is 9.79. The van der Waals surface area contributed by atoms with Gasteiger partial charge in [-0.25, -0.2) is 9.48 Å². The number of hydrogen-bond donors (Lipinski definition) is 1. The van der Waals surface area contributed by atoms with Gasteiger partial charge in [0, 0.05) is 0 Å². The van der Waals surface area contributed by atoms with E-state index in [1.54, 1.807) is 10.9 Å². The van der Waals surface area contributed by atoms with E-state index in [0.29, 0.717) is 18.1 Å². The third-order valence-electron chi connectivity index (χ3n) is 2.34. The first-order valence-electron chi connectivity index (χ1n) is 4.89. The van der Waals surface area contributed by atoms with E-state index in [4.69, 9.17) is 16.7 Å². The minimum atomic E-state index is -1.09. The Morgan fingerprint density at radius 2 is 2.29 bits per heavy atom. The lowest BCUT2D eigenvalue weighted by atomic mass is 10.4. The number of carboxylic acids is 1. The van der Waals surface area contributed by atoms with E-state index < -0.39 is 5.97 Å². The quantitative estimate of drug-likeness (QED) is 0.875. The van der Waals surface area contributed by atoms with Crippen molar-refractivity contribution < 1.29 is 9.90 Å². The van der Waals surface area contributed by atoms with Gasteiger partial charge in [0.2, 0.25) is 0 Å². The minimum absolute atomic E-state index is 0.0692. The molecule has 0 atom stereocenters. The molecule has 2 rings (SSSR count). The van der Waals surface area contributed by atoms with Crippen LogP contribution >= 0.6 is 11.6 Å². The van der Waals surface area contributed by atoms with Crippen molar-refractivity contribution in [2.24, 2.45) is 0 Å². The van der Waals surface area contributed by atoms with Crippen LogP contribution in [-0.2, 0) is 13.1 Å². The molecule has 2 aromatic heterocycles. The van der Waals surface area contributed by atoms with E-state index in [1.807, 2.05) is 6.92 Å². The monoisotopic (exact) mass is 255 g/mol. The summed E-state index contributed by atoms with van der Waals surface area (Å²) in [4.78, 5) is 10.6. The van der Waals surface area contributed by atoms with Gasteiger partial charge >= 0.3 is 5.97 Å². The van der Waals surface area contributed by atoms with Crippen LogP contribution < -0.4 is 0 Å². The maximum absolute atomic E-state index is 10.6. The van der Waals surface area contributed by atoms with Gasteiger partial charge in [-0.05, 0) is 6.92 Å². The van der Waals surface area contributed by atoms with Gasteiger partial charge in [0.15, 0.2) is 5.69 Å². The zero-order chi connectivity index (χ0) is 12.4. The number of hydrogen-bond acceptors (Lipinski definition) is 4. The van der Waals surface area contributed by atoms with Crippen LogP contribution in [0.1, 0.15) is 16.2 Å². The molecular formula is C9H10ClN5O2. The maximum Gasteiger partial charge on any atom is 0.358 e. The summed E-state index contributed by atoms with van der Waals surface area (Å²) in [5, 5.41) is 20.6. The number of aryl methyl sites for hydroxylation is 2. The number of aromatic nitrogens is 5. The first-order valence-corrected chi connectivity index (χ1v) is 5.27. The normalized spacial score (nSPS) is 10.7. The molecule has 0 aliphatic heterocycles. The largest absolute Gasteiger partial charge is 0.476 e. The predicted octanol–water partition coefficient (Wildman–Crippen LogP) is 0.835. The molecule has 8 heteroatoms. The van der Waals surface area contributed by atoms with Crippen molar-refractivity contribution in [2.45, 2.75) is 20.0 Å². The lowest BCUT2D eigenvalue weighted by Gasteiger charge is -2.03. The summed E-state index contributed by atoms with van der Waals surface area (Å²) in [7, 11) is 0. The Kier molecular flexibility index (Phi) is 3.10. The van der Waals surface area contributed by atoms with Gasteiger partial charge in [-0.3, -0.25) is 4.68 Å². The molecule has 0 radical (unpaired) electrons. The van der Waals surface area contributed by atoms with Crippen molar-refractivity contribution in [2.75, 3.05) is 0 Å². The SMILES string of the molecule is Cc1c(Cl)cnn1CCn1cc(C(=O)O)nn1. The molecule has 0 saturated heterocycles. The lowest BCUT2D eigenvalue weighted by Crippen LogP contribution is -2.10. The third kappa shape index (κ3) is 2.44. The summed E-state index contributed by atoms with van der Waals surface area (Å²) in [6.45, 7) is 2.90. The first-order chi connectivity index (χ1) is 8.08. The number of nitrogens with zero attached hydrogens (tertiary/aromatic N) is 5. The second kappa shape index (κ2) is 4.54. The molecule has 0 aliphatic carbocycles. The highest BCUT2D eigenvalue weighted by atomic mass is 35.5. The maximum atomic E-state index is 10.6. The molecule has 0 saturated carbocycles. The summed E-state index contributed by atoms with van der Waals surface area (Å²) < 4.78 is 3.18. The summed E-state index contributed by atoms with van der Waals surface area (Å²) in [5.41, 5.74) is 0.797. The Hall–Kier alpha value is -1.89. The van der Waals surface area contributed by atoms with Gasteiger partial charge in [-0.15, -0.1) is 5.10 Å². The van der Waals surface area contributed by atoms with Crippen molar-refractivity contribution in [3.8, 4) is 0 Å². The highest BCUT2D eigenvalue weighted by Crippen LogP contribution is 2.12. The lowest BCUT2D eigenvalue weighted by molar-refractivity contribution is 0.0690. The van der Waals surface area contributed by atoms with Crippen LogP contribution in [-0.4, -0.2) is 35.9 Å². The van der Waals surface area contributed by atoms with Gasteiger partial charge in [0.25, 0.3) is 0 Å². The summed E-state index contributed by atoms with van der Waals surface area (Å²) >= 11 is 5.86. The highest BCUT2D eigenvalue weighted by Gasteiger charge is 2.09. The van der Waals surface area contributed by atoms with Crippen molar-refractivity contribution in [3.63, 3.8) is 0 Å². The van der Waals surface area contributed by atoms with Gasteiger partial charge < -0.3 is 5.11 Å². The Morgan fingerprint density at radius 3 is 2.82 bits per heavy atom. The number of carbonyl (C=O) groups is 1. The van der Waals surface area contributed by atoms with Crippen LogP contribution in [0.4, 0.5) is 0 Å². The van der Waals surface area contributed by atoms with E-state index >= 15 is 0 Å². The molecule has 0 unspecified atom stereocenters. The first kappa shape index (κ1) is 11.6. The van der Waals surface area contributed by atoms with E-state index in [1.165, 1.54) is 10.9 Å². The van der Waals surface area contributed by atoms with Crippen LogP contribution in [0.25, 0.3) is 0 Å². The number of halogens is 1. The van der Waals surface area contributed by atoms with Gasteiger partial charge in [-0.2, -0.15) is 5.10 Å². The minimum Gasteiger partial charge on any atom is -0.476 e. The fourth-order valence-electron chi connectivity index (χ4n) is 1.35. The average molecular weight is 256 g/mol. The molecule has 2 heterocycles. The van der Waals surface area contributed by atoms with Crippen molar-refractivity contribution in [3.05, 3.63) is 28.8 Å². The molecular weight excluding hydrogens is 246 g/mol. The Labute approximate surface area is 102 Å². The second-order valence-corrected chi connectivity index (χ2v) is 3.88. The van der Waals surface area contributed by atoms with Crippen LogP contribution in [0, 0.1) is 6.92 Å². The Bertz CT molecular complexity index is 547. The number of carboxylic acid groups (broad SMARTS) is 1. The molecule has 0 bridgehead atoms. The summed E-state index contributed by atoms with van der Waals surface area (Å²) in [6.07, 6.45) is 2.95. The molecule has 0 spiro atoms. The van der Waals surface area contributed by atoms with E-state index in [2.05, 4.69) is 15.4 Å². The Balaban J connectivity index is 2.02. The summed E-state index contributed by atoms with van der Waals surface area (Å²) in [5.74, 6) is -1.09. The summed E-state index contributed by atoms with van der Waals surface area (Å²) in [6, 6.07) is 0. The molecule has 17 heavy (non-hydrogen) atoms. The molecule has 90 valence electrons. The van der Waals surface area contributed by atoms with Crippen molar-refractivity contribution in [1.29, 1.82) is 0 Å². The molecule has 0 aromatic carbocycles. The standard InChI is InChI=1S/C9H10ClN5O2/c1-6-7(10)4-11-15(6)3-2-14-5-8(9(16)17)12-13-14/h4-5H,2-3H2,1H3,(H,16,17). The van der Waals surface area contributed by atoms with Gasteiger partial charge in [-0.1, -0.05) is 16.8 Å². The van der Waals surface area contributed by atoms with Crippen LogP contribution in [0.5, 0.6) is 0 Å². The molecule has 1 N–H and O–H groups in total. The molecule has 7 nitrogen and oxygen atoms in total. The van der Waals surface area contributed by atoms with E-state index in [0.717, 1.165) is 5.69 Å². The fourth-order valence-corrected chi connectivity index (χ4v) is 1.49. The number of aromatic carboxylic acids is 1. The van der Waals surface area contributed by atoms with Crippen LogP contribution in [0.3, 0.4) is 0 Å². The van der Waals surface area contributed by atoms with Crippen LogP contribution in [0.15, 0.2) is 12.4 Å². The molecule has 0 fully saturated rings. The highest BCUT2D eigenvalue weighted by molar-refractivity contribution is 6.31. The van der Waals surface area contributed by atoms with Crippen molar-refractivity contribution in [1.82, 2.24) is 24.8 Å². The average Bonchev–Trinajstić information content (AvgIpc) is 2.86. The predicted molar refractivity (Wildman–Crippen MR) is 59.0 cm³/mol. The third-order valence-corrected chi connectivity index (χ3v) is 2.71. The smallest absolute Gasteiger partial charge is 0.358 e. The van der Waals surface area contributed by atoms with E-state index in [-0.39, 0.29) is 5.69 Å². The molecule has 0 amide bonds. The van der Waals surface area contributed by atoms with Gasteiger partial charge in [0.05, 0.1) is 36.2 Å². The topological polar surface area (TPSA) is 85.8 Å². The molecule has 0 aliphatic rings. The number of rotatable bonds is 4. The van der Waals surface area contributed by atoms with E-state index in [9.17, 15) is 4.79 Å². The van der Waals surface area contributed by atoms with Crippen molar-refractivity contribution >= 4 is 17.6 Å². The van der Waals surface area contributed by atoms with Gasteiger partial charge in [0.1, 0.15) is 0 Å². The second-order valence-electron chi connectivity index (χ2n) is 3.47. The molecule has 2 aromatic rings.